The summed E-state index contributed by atoms with van der Waals surface area (Å²) >= 11 is 1.83. The van der Waals surface area contributed by atoms with Gasteiger partial charge in [-0.3, -0.25) is 0 Å². The minimum atomic E-state index is 0.471. The van der Waals surface area contributed by atoms with Gasteiger partial charge in [0.15, 0.2) is 0 Å². The summed E-state index contributed by atoms with van der Waals surface area (Å²) in [7, 11) is 0. The first-order chi connectivity index (χ1) is 9.62. The zero-order chi connectivity index (χ0) is 13.7. The zero-order valence-corrected chi connectivity index (χ0v) is 13.5. The fourth-order valence-electron chi connectivity index (χ4n) is 5.26. The van der Waals surface area contributed by atoms with E-state index in [4.69, 9.17) is 4.98 Å². The Hall–Kier alpha value is -0.410. The summed E-state index contributed by atoms with van der Waals surface area (Å²) in [6.45, 7) is 5.44. The maximum Gasteiger partial charge on any atom is 0.107 e. The predicted octanol–water partition coefficient (Wildman–Crippen LogP) is 4.32. The summed E-state index contributed by atoms with van der Waals surface area (Å²) in [5.74, 6) is 3.63. The van der Waals surface area contributed by atoms with Gasteiger partial charge in [-0.2, -0.15) is 0 Å². The largest absolute Gasteiger partial charge is 0.305 e. The van der Waals surface area contributed by atoms with Gasteiger partial charge in [-0.1, -0.05) is 13.8 Å². The molecule has 0 radical (unpaired) electrons. The Morgan fingerprint density at radius 2 is 1.80 bits per heavy atom. The Bertz CT molecular complexity index is 456. The number of rotatable bonds is 4. The topological polar surface area (TPSA) is 24.9 Å². The fraction of sp³-hybridized carbons (Fsp3) is 0.824. The number of nitrogens with zero attached hydrogens (tertiary/aromatic N) is 1. The summed E-state index contributed by atoms with van der Waals surface area (Å²) in [4.78, 5) is 4.78. The molecule has 5 rings (SSSR count). The van der Waals surface area contributed by atoms with Crippen LogP contribution in [0.2, 0.25) is 0 Å². The fourth-order valence-corrected chi connectivity index (χ4v) is 6.16. The molecule has 4 aliphatic rings. The van der Waals surface area contributed by atoms with E-state index in [9.17, 15) is 0 Å². The molecule has 3 heteroatoms. The van der Waals surface area contributed by atoms with E-state index in [1.807, 2.05) is 11.3 Å². The van der Waals surface area contributed by atoms with Crippen LogP contribution >= 0.6 is 11.3 Å². The molecule has 0 amide bonds. The van der Waals surface area contributed by atoms with Crippen LogP contribution in [0.4, 0.5) is 0 Å². The molecule has 4 fully saturated rings. The van der Waals surface area contributed by atoms with Gasteiger partial charge in [0.2, 0.25) is 0 Å². The first-order valence-electron chi connectivity index (χ1n) is 8.31. The third-order valence-electron chi connectivity index (χ3n) is 5.81. The quantitative estimate of drug-likeness (QED) is 0.893. The Labute approximate surface area is 126 Å². The van der Waals surface area contributed by atoms with E-state index < -0.39 is 0 Å². The van der Waals surface area contributed by atoms with Crippen LogP contribution in [-0.2, 0) is 6.54 Å². The molecule has 1 heterocycles. The summed E-state index contributed by atoms with van der Waals surface area (Å²) in [5.41, 5.74) is 1.73. The van der Waals surface area contributed by atoms with Crippen molar-refractivity contribution in [2.75, 3.05) is 0 Å². The first-order valence-corrected chi connectivity index (χ1v) is 9.19. The molecule has 20 heavy (non-hydrogen) atoms. The molecule has 4 saturated carbocycles. The Balaban J connectivity index is 1.43. The van der Waals surface area contributed by atoms with Gasteiger partial charge in [0, 0.05) is 17.5 Å². The van der Waals surface area contributed by atoms with Gasteiger partial charge >= 0.3 is 0 Å². The van der Waals surface area contributed by atoms with E-state index in [1.54, 1.807) is 0 Å². The monoisotopic (exact) mass is 290 g/mol. The van der Waals surface area contributed by atoms with Crippen molar-refractivity contribution in [3.8, 4) is 0 Å². The van der Waals surface area contributed by atoms with E-state index >= 15 is 0 Å². The second-order valence-corrected chi connectivity index (χ2v) is 8.81. The van der Waals surface area contributed by atoms with Crippen LogP contribution in [0.3, 0.4) is 0 Å². The van der Waals surface area contributed by atoms with E-state index in [1.165, 1.54) is 49.2 Å². The second-order valence-electron chi connectivity index (χ2n) is 7.87. The predicted molar refractivity (Wildman–Crippen MR) is 83.9 cm³/mol. The van der Waals surface area contributed by atoms with E-state index in [0.717, 1.165) is 24.3 Å². The van der Waals surface area contributed by atoms with Gasteiger partial charge in [-0.05, 0) is 62.2 Å². The SMILES string of the molecule is CC(C)c1csc(CNC23CC4CC(CC(C4)C2)C3)n1. The van der Waals surface area contributed by atoms with E-state index in [0.29, 0.717) is 11.5 Å². The van der Waals surface area contributed by atoms with Crippen LogP contribution in [0.25, 0.3) is 0 Å². The van der Waals surface area contributed by atoms with Crippen molar-refractivity contribution in [3.63, 3.8) is 0 Å². The summed E-state index contributed by atoms with van der Waals surface area (Å²) in [5, 5.41) is 7.46. The molecule has 0 spiro atoms. The lowest BCUT2D eigenvalue weighted by Crippen LogP contribution is -2.58. The molecule has 1 N–H and O–H groups in total. The third kappa shape index (κ3) is 2.33. The van der Waals surface area contributed by atoms with Crippen LogP contribution in [0.5, 0.6) is 0 Å². The summed E-state index contributed by atoms with van der Waals surface area (Å²) in [6.07, 6.45) is 8.87. The summed E-state index contributed by atoms with van der Waals surface area (Å²) < 4.78 is 0. The highest BCUT2D eigenvalue weighted by molar-refractivity contribution is 7.09. The molecule has 0 aromatic carbocycles. The average molecular weight is 290 g/mol. The standard InChI is InChI=1S/C17H26N2S/c1-11(2)15-10-20-16(19-15)9-18-17-6-12-3-13(7-17)5-14(4-12)8-17/h10-14,18H,3-9H2,1-2H3. The van der Waals surface area contributed by atoms with Crippen molar-refractivity contribution in [2.24, 2.45) is 17.8 Å². The number of aromatic nitrogens is 1. The second kappa shape index (κ2) is 4.81. The van der Waals surface area contributed by atoms with Crippen LogP contribution in [0.15, 0.2) is 5.38 Å². The molecule has 4 bridgehead atoms. The molecular weight excluding hydrogens is 264 g/mol. The van der Waals surface area contributed by atoms with Crippen LogP contribution in [-0.4, -0.2) is 10.5 Å². The normalized spacial score (nSPS) is 38.9. The maximum atomic E-state index is 4.78. The molecule has 1 aromatic heterocycles. The van der Waals surface area contributed by atoms with Crippen molar-refractivity contribution < 1.29 is 0 Å². The van der Waals surface area contributed by atoms with Gasteiger partial charge in [-0.25, -0.2) is 4.98 Å². The molecule has 0 unspecified atom stereocenters. The number of hydrogen-bond donors (Lipinski definition) is 1. The Kier molecular flexibility index (Phi) is 3.19. The van der Waals surface area contributed by atoms with Gasteiger partial charge in [0.05, 0.1) is 5.69 Å². The lowest BCUT2D eigenvalue weighted by Gasteiger charge is -2.57. The molecule has 2 nitrogen and oxygen atoms in total. The zero-order valence-electron chi connectivity index (χ0n) is 12.7. The van der Waals surface area contributed by atoms with E-state index in [2.05, 4.69) is 24.5 Å². The van der Waals surface area contributed by atoms with Gasteiger partial charge in [0.1, 0.15) is 5.01 Å². The van der Waals surface area contributed by atoms with Gasteiger partial charge in [0.25, 0.3) is 0 Å². The van der Waals surface area contributed by atoms with Crippen LogP contribution in [0.1, 0.15) is 69.0 Å². The van der Waals surface area contributed by atoms with Crippen LogP contribution < -0.4 is 5.32 Å². The summed E-state index contributed by atoms with van der Waals surface area (Å²) in [6, 6.07) is 0. The number of thiazole rings is 1. The van der Waals surface area contributed by atoms with Crippen molar-refractivity contribution in [1.82, 2.24) is 10.3 Å². The highest BCUT2D eigenvalue weighted by Crippen LogP contribution is 2.55. The first kappa shape index (κ1) is 13.3. The highest BCUT2D eigenvalue weighted by atomic mass is 32.1. The molecule has 0 atom stereocenters. The molecule has 110 valence electrons. The van der Waals surface area contributed by atoms with Gasteiger partial charge in [-0.15, -0.1) is 11.3 Å². The molecule has 0 saturated heterocycles. The molecule has 0 aliphatic heterocycles. The van der Waals surface area contributed by atoms with Crippen LogP contribution in [0, 0.1) is 17.8 Å². The smallest absolute Gasteiger partial charge is 0.107 e. The minimum absolute atomic E-state index is 0.471. The van der Waals surface area contributed by atoms with Gasteiger partial charge < -0.3 is 5.32 Å². The molecule has 4 aliphatic carbocycles. The van der Waals surface area contributed by atoms with Crippen molar-refractivity contribution in [3.05, 3.63) is 16.1 Å². The number of nitrogens with one attached hydrogen (secondary N) is 1. The minimum Gasteiger partial charge on any atom is -0.305 e. The average Bonchev–Trinajstić information content (AvgIpc) is 2.84. The third-order valence-corrected chi connectivity index (χ3v) is 6.68. The molecular formula is C17H26N2S. The Morgan fingerprint density at radius 3 is 2.30 bits per heavy atom. The highest BCUT2D eigenvalue weighted by Gasteiger charge is 2.50. The van der Waals surface area contributed by atoms with Crippen molar-refractivity contribution in [1.29, 1.82) is 0 Å². The molecule has 1 aromatic rings. The van der Waals surface area contributed by atoms with Crippen molar-refractivity contribution >= 4 is 11.3 Å². The lowest BCUT2D eigenvalue weighted by atomic mass is 9.53. The lowest BCUT2D eigenvalue weighted by molar-refractivity contribution is -0.0206. The van der Waals surface area contributed by atoms with E-state index in [-0.39, 0.29) is 0 Å². The Morgan fingerprint density at radius 1 is 1.20 bits per heavy atom. The number of hydrogen-bond acceptors (Lipinski definition) is 3. The maximum absolute atomic E-state index is 4.78. The van der Waals surface area contributed by atoms with Crippen molar-refractivity contribution in [2.45, 2.75) is 70.4 Å².